The van der Waals surface area contributed by atoms with Crippen LogP contribution >= 0.6 is 0 Å². The predicted octanol–water partition coefficient (Wildman–Crippen LogP) is 3.91. The van der Waals surface area contributed by atoms with E-state index in [1.807, 2.05) is 61.5 Å². The number of ether oxygens (including phenoxy) is 1. The number of carbonyl (C=O) groups excluding carboxylic acids is 3. The van der Waals surface area contributed by atoms with E-state index in [0.717, 1.165) is 21.8 Å². The normalized spacial score (nSPS) is 12.6. The Bertz CT molecular complexity index is 1090. The molecule has 0 bridgehead atoms. The molecule has 0 fully saturated rings. The van der Waals surface area contributed by atoms with Gasteiger partial charge in [0.05, 0.1) is 11.1 Å². The number of hydrogen-bond donors (Lipinski definition) is 0. The number of nitrogens with zero attached hydrogens (tertiary/aromatic N) is 2. The van der Waals surface area contributed by atoms with Crippen molar-refractivity contribution in [2.75, 3.05) is 13.1 Å². The van der Waals surface area contributed by atoms with Crippen molar-refractivity contribution in [3.63, 3.8) is 0 Å². The Morgan fingerprint density at radius 3 is 2.00 bits per heavy atom. The second-order valence-electron chi connectivity index (χ2n) is 7.57. The molecular weight excluding hydrogens is 404 g/mol. The molecule has 3 aromatic carbocycles. The van der Waals surface area contributed by atoms with E-state index in [0.29, 0.717) is 30.8 Å². The molecule has 0 radical (unpaired) electrons. The fourth-order valence-corrected chi connectivity index (χ4v) is 3.65. The van der Waals surface area contributed by atoms with Gasteiger partial charge in [-0.15, -0.1) is 0 Å². The summed E-state index contributed by atoms with van der Waals surface area (Å²) in [7, 11) is 0. The van der Waals surface area contributed by atoms with Gasteiger partial charge in [-0.05, 0) is 42.3 Å². The molecule has 0 atom stereocenters. The smallest absolute Gasteiger partial charge is 0.262 e. The number of imide groups is 1. The zero-order chi connectivity index (χ0) is 22.5. The van der Waals surface area contributed by atoms with Crippen molar-refractivity contribution in [3.8, 4) is 5.75 Å². The quantitative estimate of drug-likeness (QED) is 0.510. The highest BCUT2D eigenvalue weighted by atomic mass is 16.5. The van der Waals surface area contributed by atoms with Gasteiger partial charge in [0.1, 0.15) is 18.9 Å². The SMILES string of the molecule is CCN(Cc1ccc(OCc2ccccc2)cc1)C(=O)CN1C(=O)c2ccccc2C1=O. The van der Waals surface area contributed by atoms with E-state index in [2.05, 4.69) is 0 Å². The highest BCUT2D eigenvalue weighted by Gasteiger charge is 2.36. The number of fused-ring (bicyclic) bond motifs is 1. The van der Waals surface area contributed by atoms with Gasteiger partial charge in [0.25, 0.3) is 11.8 Å². The molecule has 0 N–H and O–H groups in total. The van der Waals surface area contributed by atoms with Gasteiger partial charge in [0.15, 0.2) is 0 Å². The van der Waals surface area contributed by atoms with Crippen molar-refractivity contribution in [3.05, 3.63) is 101 Å². The Morgan fingerprint density at radius 2 is 1.41 bits per heavy atom. The Kier molecular flexibility index (Phi) is 6.31. The summed E-state index contributed by atoms with van der Waals surface area (Å²) in [5.74, 6) is -0.366. The maximum absolute atomic E-state index is 12.9. The third-order valence-corrected chi connectivity index (χ3v) is 5.45. The van der Waals surface area contributed by atoms with Crippen LogP contribution in [0.5, 0.6) is 5.75 Å². The van der Waals surface area contributed by atoms with Crippen molar-refractivity contribution in [2.24, 2.45) is 0 Å². The van der Waals surface area contributed by atoms with Crippen LogP contribution < -0.4 is 4.74 Å². The summed E-state index contributed by atoms with van der Waals surface area (Å²) >= 11 is 0. The molecule has 0 spiro atoms. The molecule has 1 aliphatic rings. The molecule has 3 aromatic rings. The number of rotatable bonds is 8. The number of hydrogen-bond acceptors (Lipinski definition) is 4. The van der Waals surface area contributed by atoms with Gasteiger partial charge in [-0.2, -0.15) is 0 Å². The van der Waals surface area contributed by atoms with Gasteiger partial charge in [0, 0.05) is 13.1 Å². The summed E-state index contributed by atoms with van der Waals surface area (Å²) in [4.78, 5) is 40.6. The van der Waals surface area contributed by atoms with Crippen LogP contribution in [0.1, 0.15) is 38.8 Å². The molecule has 162 valence electrons. The van der Waals surface area contributed by atoms with Crippen molar-refractivity contribution >= 4 is 17.7 Å². The molecule has 0 aliphatic carbocycles. The van der Waals surface area contributed by atoms with Crippen molar-refractivity contribution < 1.29 is 19.1 Å². The fourth-order valence-electron chi connectivity index (χ4n) is 3.65. The van der Waals surface area contributed by atoms with Crippen molar-refractivity contribution in [1.29, 1.82) is 0 Å². The third kappa shape index (κ3) is 4.54. The van der Waals surface area contributed by atoms with Crippen LogP contribution in [0.15, 0.2) is 78.9 Å². The van der Waals surface area contributed by atoms with E-state index < -0.39 is 11.8 Å². The summed E-state index contributed by atoms with van der Waals surface area (Å²) in [6, 6.07) is 24.1. The standard InChI is InChI=1S/C26H24N2O4/c1-2-27(24(29)17-28-25(30)22-10-6-7-11-23(22)26(28)31)16-19-12-14-21(15-13-19)32-18-20-8-4-3-5-9-20/h3-15H,2,16-18H2,1H3. The first-order chi connectivity index (χ1) is 15.6. The van der Waals surface area contributed by atoms with Crippen LogP contribution in [0.4, 0.5) is 0 Å². The molecular formula is C26H24N2O4. The minimum Gasteiger partial charge on any atom is -0.489 e. The minimum atomic E-state index is -0.421. The average molecular weight is 428 g/mol. The van der Waals surface area contributed by atoms with E-state index in [1.165, 1.54) is 0 Å². The number of carbonyl (C=O) groups is 3. The second-order valence-corrected chi connectivity index (χ2v) is 7.57. The van der Waals surface area contributed by atoms with Crippen LogP contribution in [-0.2, 0) is 17.9 Å². The summed E-state index contributed by atoms with van der Waals surface area (Å²) in [5.41, 5.74) is 2.72. The number of amides is 3. The first-order valence-electron chi connectivity index (χ1n) is 10.6. The van der Waals surface area contributed by atoms with Crippen LogP contribution in [0.2, 0.25) is 0 Å². The summed E-state index contributed by atoms with van der Waals surface area (Å²) < 4.78 is 5.81. The van der Waals surface area contributed by atoms with E-state index in [4.69, 9.17) is 4.74 Å². The number of benzene rings is 3. The third-order valence-electron chi connectivity index (χ3n) is 5.45. The lowest BCUT2D eigenvalue weighted by Gasteiger charge is -2.23. The van der Waals surface area contributed by atoms with Crippen LogP contribution in [0.3, 0.4) is 0 Å². The maximum atomic E-state index is 12.9. The Labute approximate surface area is 187 Å². The molecule has 6 heteroatoms. The first kappa shape index (κ1) is 21.3. The monoisotopic (exact) mass is 428 g/mol. The molecule has 1 aliphatic heterocycles. The molecule has 0 saturated carbocycles. The van der Waals surface area contributed by atoms with Gasteiger partial charge >= 0.3 is 0 Å². The summed E-state index contributed by atoms with van der Waals surface area (Å²) in [6.45, 7) is 2.95. The Balaban J connectivity index is 1.35. The lowest BCUT2D eigenvalue weighted by Crippen LogP contribution is -2.42. The lowest BCUT2D eigenvalue weighted by molar-refractivity contribution is -0.131. The Morgan fingerprint density at radius 1 is 0.812 bits per heavy atom. The largest absolute Gasteiger partial charge is 0.489 e. The van der Waals surface area contributed by atoms with Crippen molar-refractivity contribution in [1.82, 2.24) is 9.80 Å². The second kappa shape index (κ2) is 9.47. The molecule has 0 aromatic heterocycles. The highest BCUT2D eigenvalue weighted by Crippen LogP contribution is 2.22. The van der Waals surface area contributed by atoms with Crippen LogP contribution in [-0.4, -0.2) is 40.6 Å². The topological polar surface area (TPSA) is 66.9 Å². The lowest BCUT2D eigenvalue weighted by atomic mass is 10.1. The van der Waals surface area contributed by atoms with Gasteiger partial charge in [0.2, 0.25) is 5.91 Å². The summed E-state index contributed by atoms with van der Waals surface area (Å²) in [6.07, 6.45) is 0. The van der Waals surface area contributed by atoms with E-state index in [-0.39, 0.29) is 12.5 Å². The van der Waals surface area contributed by atoms with Crippen LogP contribution in [0.25, 0.3) is 0 Å². The molecule has 0 saturated heterocycles. The van der Waals surface area contributed by atoms with Gasteiger partial charge in [-0.25, -0.2) is 0 Å². The van der Waals surface area contributed by atoms with Gasteiger partial charge in [-0.1, -0.05) is 54.6 Å². The number of likely N-dealkylation sites (N-methyl/N-ethyl adjacent to an activating group) is 1. The minimum absolute atomic E-state index is 0.265. The van der Waals surface area contributed by atoms with Crippen LogP contribution in [0, 0.1) is 0 Å². The molecule has 1 heterocycles. The van der Waals surface area contributed by atoms with Gasteiger partial charge in [-0.3, -0.25) is 19.3 Å². The summed E-state index contributed by atoms with van der Waals surface area (Å²) in [5, 5.41) is 0. The predicted molar refractivity (Wildman–Crippen MR) is 120 cm³/mol. The average Bonchev–Trinajstić information content (AvgIpc) is 3.07. The molecule has 4 rings (SSSR count). The molecule has 32 heavy (non-hydrogen) atoms. The fraction of sp³-hybridized carbons (Fsp3) is 0.192. The highest BCUT2D eigenvalue weighted by molar-refractivity contribution is 6.22. The van der Waals surface area contributed by atoms with Gasteiger partial charge < -0.3 is 9.64 Å². The maximum Gasteiger partial charge on any atom is 0.262 e. The molecule has 0 unspecified atom stereocenters. The molecule has 6 nitrogen and oxygen atoms in total. The molecule has 3 amide bonds. The van der Waals surface area contributed by atoms with E-state index in [1.54, 1.807) is 29.2 Å². The zero-order valence-corrected chi connectivity index (χ0v) is 17.9. The van der Waals surface area contributed by atoms with E-state index in [9.17, 15) is 14.4 Å². The van der Waals surface area contributed by atoms with E-state index >= 15 is 0 Å². The van der Waals surface area contributed by atoms with Crippen molar-refractivity contribution in [2.45, 2.75) is 20.1 Å². The zero-order valence-electron chi connectivity index (χ0n) is 17.9. The first-order valence-corrected chi connectivity index (χ1v) is 10.6. The Hall–Kier alpha value is -3.93.